The molecule has 164 valence electrons. The predicted octanol–water partition coefficient (Wildman–Crippen LogP) is 4.73. The van der Waals surface area contributed by atoms with Crippen molar-refractivity contribution < 1.29 is 14.7 Å². The van der Waals surface area contributed by atoms with Gasteiger partial charge in [0.1, 0.15) is 0 Å². The lowest BCUT2D eigenvalue weighted by atomic mass is 9.92. The number of hydrogen-bond donors (Lipinski definition) is 3. The molecule has 1 atom stereocenters. The van der Waals surface area contributed by atoms with Crippen LogP contribution in [-0.2, 0) is 10.5 Å². The maximum absolute atomic E-state index is 13.6. The number of amides is 3. The second-order valence-corrected chi connectivity index (χ2v) is 8.77. The molecular weight excluding hydrogens is 390 g/mol. The summed E-state index contributed by atoms with van der Waals surface area (Å²) in [5.41, 5.74) is 1.21. The molecular formula is C25H31N3O3. The summed E-state index contributed by atoms with van der Waals surface area (Å²) in [4.78, 5) is 28.0. The van der Waals surface area contributed by atoms with Crippen molar-refractivity contribution >= 4 is 23.3 Å². The molecule has 2 aromatic carbocycles. The summed E-state index contributed by atoms with van der Waals surface area (Å²) in [6.45, 7) is 3.93. The second kappa shape index (κ2) is 8.71. The van der Waals surface area contributed by atoms with E-state index < -0.39 is 17.7 Å². The van der Waals surface area contributed by atoms with Crippen LogP contribution in [-0.4, -0.2) is 23.1 Å². The van der Waals surface area contributed by atoms with E-state index in [2.05, 4.69) is 10.6 Å². The van der Waals surface area contributed by atoms with Crippen molar-refractivity contribution in [3.8, 4) is 0 Å². The zero-order chi connectivity index (χ0) is 22.0. The molecule has 1 fully saturated rings. The van der Waals surface area contributed by atoms with E-state index >= 15 is 0 Å². The van der Waals surface area contributed by atoms with Crippen molar-refractivity contribution in [2.24, 2.45) is 0 Å². The third kappa shape index (κ3) is 4.04. The van der Waals surface area contributed by atoms with Gasteiger partial charge in [-0.3, -0.25) is 9.69 Å². The minimum Gasteiger partial charge on any atom is -0.359 e. The van der Waals surface area contributed by atoms with Crippen molar-refractivity contribution in [3.05, 3.63) is 59.2 Å². The lowest BCUT2D eigenvalue weighted by molar-refractivity contribution is -0.141. The number of nitrogens with zero attached hydrogens (tertiary/aromatic N) is 1. The summed E-state index contributed by atoms with van der Waals surface area (Å²) in [7, 11) is 0. The fraction of sp³-hybridized carbons (Fsp3) is 0.440. The van der Waals surface area contributed by atoms with Crippen LogP contribution in [0.1, 0.15) is 61.6 Å². The number of nitrogens with one attached hydrogen (secondary N) is 2. The zero-order valence-corrected chi connectivity index (χ0v) is 18.3. The number of rotatable bonds is 3. The molecule has 0 aromatic heterocycles. The van der Waals surface area contributed by atoms with E-state index in [0.717, 1.165) is 49.7 Å². The van der Waals surface area contributed by atoms with Gasteiger partial charge in [0.25, 0.3) is 11.6 Å². The Morgan fingerprint density at radius 2 is 1.71 bits per heavy atom. The zero-order valence-electron chi connectivity index (χ0n) is 18.3. The first-order valence-electron chi connectivity index (χ1n) is 11.2. The SMILES string of the molecule is Cc1ccc(N2C(=O)Nc3ccccc3[C@@]2(O)C(=O)NC2CCCCCCC2)cc1C. The average Bonchev–Trinajstić information content (AvgIpc) is 2.72. The maximum Gasteiger partial charge on any atom is 0.329 e. The molecule has 1 heterocycles. The predicted molar refractivity (Wildman–Crippen MR) is 122 cm³/mol. The lowest BCUT2D eigenvalue weighted by Crippen LogP contribution is -2.63. The molecule has 1 aliphatic carbocycles. The van der Waals surface area contributed by atoms with E-state index in [4.69, 9.17) is 0 Å². The topological polar surface area (TPSA) is 81.7 Å². The summed E-state index contributed by atoms with van der Waals surface area (Å²) in [5, 5.41) is 17.8. The quantitative estimate of drug-likeness (QED) is 0.670. The van der Waals surface area contributed by atoms with Crippen LogP contribution in [0.25, 0.3) is 0 Å². The number of hydrogen-bond acceptors (Lipinski definition) is 3. The highest BCUT2D eigenvalue weighted by atomic mass is 16.3. The Kier molecular flexibility index (Phi) is 6.01. The fourth-order valence-corrected chi connectivity index (χ4v) is 4.61. The number of anilines is 2. The Balaban J connectivity index is 1.75. The Morgan fingerprint density at radius 1 is 1.03 bits per heavy atom. The van der Waals surface area contributed by atoms with Gasteiger partial charge in [0, 0.05) is 17.3 Å². The van der Waals surface area contributed by atoms with Gasteiger partial charge >= 0.3 is 6.03 Å². The van der Waals surface area contributed by atoms with Crippen LogP contribution in [0, 0.1) is 13.8 Å². The Morgan fingerprint density at radius 3 is 2.42 bits per heavy atom. The van der Waals surface area contributed by atoms with E-state index in [0.29, 0.717) is 16.9 Å². The standard InChI is InChI=1S/C25H31N3O3/c1-17-14-15-20(16-18(17)2)28-24(30)27-22-13-9-8-12-21(22)25(28,31)23(29)26-19-10-6-4-3-5-7-11-19/h8-9,12-16,19,31H,3-7,10-11H2,1-2H3,(H,26,29)(H,27,30)/t25-/m1/s1. The van der Waals surface area contributed by atoms with Crippen LogP contribution in [0.3, 0.4) is 0 Å². The molecule has 0 unspecified atom stereocenters. The third-order valence-corrected chi connectivity index (χ3v) is 6.58. The number of para-hydroxylation sites is 1. The van der Waals surface area contributed by atoms with Crippen LogP contribution in [0.15, 0.2) is 42.5 Å². The largest absolute Gasteiger partial charge is 0.359 e. The van der Waals surface area contributed by atoms with Crippen LogP contribution < -0.4 is 15.5 Å². The van der Waals surface area contributed by atoms with Gasteiger partial charge < -0.3 is 15.7 Å². The van der Waals surface area contributed by atoms with Gasteiger partial charge in [-0.25, -0.2) is 4.79 Å². The van der Waals surface area contributed by atoms with E-state index in [9.17, 15) is 14.7 Å². The molecule has 6 heteroatoms. The summed E-state index contributed by atoms with van der Waals surface area (Å²) in [6, 6.07) is 11.9. The number of fused-ring (bicyclic) bond motifs is 1. The molecule has 3 amide bonds. The molecule has 3 N–H and O–H groups in total. The monoisotopic (exact) mass is 421 g/mol. The van der Waals surface area contributed by atoms with E-state index in [-0.39, 0.29) is 6.04 Å². The molecule has 1 saturated carbocycles. The van der Waals surface area contributed by atoms with Crippen LogP contribution in [0.5, 0.6) is 0 Å². The second-order valence-electron chi connectivity index (χ2n) is 8.77. The third-order valence-electron chi connectivity index (χ3n) is 6.58. The smallest absolute Gasteiger partial charge is 0.329 e. The summed E-state index contributed by atoms with van der Waals surface area (Å²) < 4.78 is 0. The van der Waals surface area contributed by atoms with Gasteiger partial charge in [0.05, 0.1) is 5.69 Å². The molecule has 0 bridgehead atoms. The first-order chi connectivity index (χ1) is 14.9. The molecule has 2 aliphatic rings. The summed E-state index contributed by atoms with van der Waals surface area (Å²) >= 11 is 0. The molecule has 31 heavy (non-hydrogen) atoms. The van der Waals surface area contributed by atoms with Gasteiger partial charge in [0.2, 0.25) is 0 Å². The summed E-state index contributed by atoms with van der Waals surface area (Å²) in [6.07, 6.45) is 7.45. The number of aliphatic hydroxyl groups is 1. The van der Waals surface area contributed by atoms with Crippen molar-refractivity contribution in [1.82, 2.24) is 5.32 Å². The minimum atomic E-state index is -2.14. The van der Waals surface area contributed by atoms with Gasteiger partial charge in [-0.1, -0.05) is 56.4 Å². The van der Waals surface area contributed by atoms with Gasteiger partial charge in [-0.2, -0.15) is 0 Å². The first kappa shape index (κ1) is 21.4. The van der Waals surface area contributed by atoms with Crippen molar-refractivity contribution in [2.75, 3.05) is 10.2 Å². The fourth-order valence-electron chi connectivity index (χ4n) is 4.61. The number of urea groups is 1. The Labute approximate surface area is 183 Å². The van der Waals surface area contributed by atoms with Crippen LogP contribution in [0.4, 0.5) is 16.2 Å². The van der Waals surface area contributed by atoms with E-state index in [1.165, 1.54) is 11.3 Å². The highest BCUT2D eigenvalue weighted by molar-refractivity contribution is 6.11. The lowest BCUT2D eigenvalue weighted by Gasteiger charge is -2.43. The first-order valence-corrected chi connectivity index (χ1v) is 11.2. The van der Waals surface area contributed by atoms with Crippen molar-refractivity contribution in [1.29, 1.82) is 0 Å². The normalized spacial score (nSPS) is 22.2. The Hall–Kier alpha value is -2.86. The molecule has 4 rings (SSSR count). The van der Waals surface area contributed by atoms with Gasteiger partial charge in [0.15, 0.2) is 0 Å². The van der Waals surface area contributed by atoms with Crippen molar-refractivity contribution in [2.45, 2.75) is 70.6 Å². The van der Waals surface area contributed by atoms with Crippen LogP contribution in [0.2, 0.25) is 0 Å². The number of carbonyl (C=O) groups excluding carboxylic acids is 2. The highest BCUT2D eigenvalue weighted by Crippen LogP contribution is 2.40. The average molecular weight is 422 g/mol. The summed E-state index contributed by atoms with van der Waals surface area (Å²) in [5.74, 6) is -0.557. The molecule has 2 aromatic rings. The maximum atomic E-state index is 13.6. The number of aryl methyl sites for hydroxylation is 2. The molecule has 6 nitrogen and oxygen atoms in total. The van der Waals surface area contributed by atoms with Crippen molar-refractivity contribution in [3.63, 3.8) is 0 Å². The molecule has 0 spiro atoms. The number of benzene rings is 2. The Bertz CT molecular complexity index is 982. The molecule has 0 saturated heterocycles. The van der Waals surface area contributed by atoms with Crippen LogP contribution >= 0.6 is 0 Å². The molecule has 0 radical (unpaired) electrons. The highest BCUT2D eigenvalue weighted by Gasteiger charge is 2.52. The number of carbonyl (C=O) groups is 2. The molecule has 1 aliphatic heterocycles. The minimum absolute atomic E-state index is 0.00409. The van der Waals surface area contributed by atoms with E-state index in [1.54, 1.807) is 30.3 Å². The van der Waals surface area contributed by atoms with Gasteiger partial charge in [-0.15, -0.1) is 0 Å². The van der Waals surface area contributed by atoms with Gasteiger partial charge in [-0.05, 0) is 56.0 Å². The van der Waals surface area contributed by atoms with E-state index in [1.807, 2.05) is 26.0 Å².